The lowest BCUT2D eigenvalue weighted by molar-refractivity contribution is 0.0992. The quantitative estimate of drug-likeness (QED) is 0.365. The summed E-state index contributed by atoms with van der Waals surface area (Å²) in [6.45, 7) is 1.29. The Morgan fingerprint density at radius 1 is 1.11 bits per heavy atom. The molecule has 150 valence electrons. The van der Waals surface area contributed by atoms with Crippen molar-refractivity contribution in [2.24, 2.45) is 4.99 Å². The monoisotopic (exact) mass is 493 g/mol. The van der Waals surface area contributed by atoms with E-state index in [2.05, 4.69) is 39.9 Å². The van der Waals surface area contributed by atoms with Crippen LogP contribution < -0.4 is 15.4 Å². The summed E-state index contributed by atoms with van der Waals surface area (Å²) in [4.78, 5) is 4.36. The summed E-state index contributed by atoms with van der Waals surface area (Å²) in [5.41, 5.74) is 2.36. The first-order valence-electron chi connectivity index (χ1n) is 9.68. The van der Waals surface area contributed by atoms with Crippen molar-refractivity contribution in [2.45, 2.75) is 50.7 Å². The highest BCUT2D eigenvalue weighted by atomic mass is 127. The molecule has 6 heteroatoms. The van der Waals surface area contributed by atoms with Gasteiger partial charge in [0.05, 0.1) is 18.2 Å². The lowest BCUT2D eigenvalue weighted by atomic mass is 9.96. The van der Waals surface area contributed by atoms with Gasteiger partial charge in [0, 0.05) is 13.6 Å². The third kappa shape index (κ3) is 5.38. The molecule has 2 aromatic carbocycles. The summed E-state index contributed by atoms with van der Waals surface area (Å²) in [5.74, 6) is 1.72. The number of hydrogen-bond donors (Lipinski definition) is 2. The zero-order valence-electron chi connectivity index (χ0n) is 16.1. The van der Waals surface area contributed by atoms with Gasteiger partial charge >= 0.3 is 0 Å². The topological polar surface area (TPSA) is 54.9 Å². The summed E-state index contributed by atoms with van der Waals surface area (Å²) in [6, 6.07) is 18.7. The van der Waals surface area contributed by atoms with Crippen molar-refractivity contribution >= 4 is 29.9 Å². The molecule has 2 N–H and O–H groups in total. The van der Waals surface area contributed by atoms with E-state index in [0.29, 0.717) is 24.9 Å². The third-order valence-corrected chi connectivity index (χ3v) is 5.25. The van der Waals surface area contributed by atoms with Crippen LogP contribution in [-0.2, 0) is 17.9 Å². The van der Waals surface area contributed by atoms with Crippen molar-refractivity contribution in [2.75, 3.05) is 7.05 Å². The molecule has 2 aromatic rings. The van der Waals surface area contributed by atoms with E-state index in [1.807, 2.05) is 37.4 Å². The molecule has 3 atom stereocenters. The van der Waals surface area contributed by atoms with Gasteiger partial charge in [-0.05, 0) is 42.5 Å². The van der Waals surface area contributed by atoms with E-state index in [0.717, 1.165) is 36.7 Å². The second-order valence-corrected chi connectivity index (χ2v) is 7.21. The van der Waals surface area contributed by atoms with E-state index >= 15 is 0 Å². The van der Waals surface area contributed by atoms with Gasteiger partial charge in [-0.25, -0.2) is 0 Å². The van der Waals surface area contributed by atoms with Crippen LogP contribution in [0.1, 0.15) is 30.4 Å². The van der Waals surface area contributed by atoms with Crippen molar-refractivity contribution in [3.05, 3.63) is 65.7 Å². The number of guanidine groups is 1. The Labute approximate surface area is 183 Å². The standard InChI is InChI=1S/C22H27N3O2.HI/c1-23-22(25-20-13-19-10-11-21(20)27-19)24-14-16-6-5-7-17(12-16)15-26-18-8-3-2-4-9-18;/h2-9,12,19-21H,10-11,13-15H2,1H3,(H2,23,24,25);1H. The van der Waals surface area contributed by atoms with Crippen LogP contribution in [0, 0.1) is 0 Å². The van der Waals surface area contributed by atoms with Gasteiger partial charge in [0.1, 0.15) is 12.4 Å². The summed E-state index contributed by atoms with van der Waals surface area (Å²) in [5, 5.41) is 6.93. The minimum absolute atomic E-state index is 0. The molecule has 28 heavy (non-hydrogen) atoms. The van der Waals surface area contributed by atoms with Crippen molar-refractivity contribution in [1.29, 1.82) is 0 Å². The molecule has 4 rings (SSSR count). The number of rotatable bonds is 6. The second-order valence-electron chi connectivity index (χ2n) is 7.21. The van der Waals surface area contributed by atoms with Crippen LogP contribution in [0.2, 0.25) is 0 Å². The average Bonchev–Trinajstić information content (AvgIpc) is 3.34. The van der Waals surface area contributed by atoms with E-state index in [1.54, 1.807) is 0 Å². The lowest BCUT2D eigenvalue weighted by Crippen LogP contribution is -2.47. The molecule has 2 aliphatic rings. The summed E-state index contributed by atoms with van der Waals surface area (Å²) in [6.07, 6.45) is 4.21. The predicted octanol–water partition coefficient (Wildman–Crippen LogP) is 3.87. The van der Waals surface area contributed by atoms with Gasteiger partial charge in [0.2, 0.25) is 0 Å². The Hall–Kier alpha value is -1.80. The maximum Gasteiger partial charge on any atom is 0.191 e. The molecule has 2 bridgehead atoms. The molecule has 0 saturated carbocycles. The van der Waals surface area contributed by atoms with Crippen molar-refractivity contribution in [3.8, 4) is 5.75 Å². The van der Waals surface area contributed by atoms with Crippen LogP contribution in [0.15, 0.2) is 59.6 Å². The van der Waals surface area contributed by atoms with Crippen LogP contribution in [-0.4, -0.2) is 31.3 Å². The number of aliphatic imine (C=N–C) groups is 1. The first-order valence-corrected chi connectivity index (χ1v) is 9.68. The van der Waals surface area contributed by atoms with Gasteiger partial charge in [-0.15, -0.1) is 24.0 Å². The molecule has 2 heterocycles. The smallest absolute Gasteiger partial charge is 0.191 e. The summed E-state index contributed by atoms with van der Waals surface area (Å²) < 4.78 is 11.8. The minimum Gasteiger partial charge on any atom is -0.489 e. The number of hydrogen-bond acceptors (Lipinski definition) is 3. The third-order valence-electron chi connectivity index (χ3n) is 5.25. The first kappa shape index (κ1) is 20.9. The molecule has 0 amide bonds. The fourth-order valence-corrected chi connectivity index (χ4v) is 3.86. The number of nitrogens with one attached hydrogen (secondary N) is 2. The Kier molecular flexibility index (Phi) is 7.56. The molecule has 2 aliphatic heterocycles. The number of benzene rings is 2. The molecule has 2 fully saturated rings. The van der Waals surface area contributed by atoms with Gasteiger partial charge in [-0.2, -0.15) is 0 Å². The van der Waals surface area contributed by atoms with Crippen LogP contribution in [0.25, 0.3) is 0 Å². The molecule has 2 saturated heterocycles. The molecular formula is C22H28IN3O2. The van der Waals surface area contributed by atoms with E-state index < -0.39 is 0 Å². The molecular weight excluding hydrogens is 465 g/mol. The minimum atomic E-state index is 0. The first-order chi connectivity index (χ1) is 13.3. The fourth-order valence-electron chi connectivity index (χ4n) is 3.86. The zero-order valence-corrected chi connectivity index (χ0v) is 18.5. The number of halogens is 1. The van der Waals surface area contributed by atoms with Gasteiger partial charge < -0.3 is 20.1 Å². The zero-order chi connectivity index (χ0) is 18.5. The normalized spacial score (nSPS) is 23.2. The van der Waals surface area contributed by atoms with Gasteiger partial charge in [-0.1, -0.05) is 42.5 Å². The van der Waals surface area contributed by atoms with Crippen molar-refractivity contribution < 1.29 is 9.47 Å². The lowest BCUT2D eigenvalue weighted by Gasteiger charge is -2.22. The van der Waals surface area contributed by atoms with E-state index in [9.17, 15) is 0 Å². The molecule has 0 radical (unpaired) electrons. The maximum atomic E-state index is 5.91. The van der Waals surface area contributed by atoms with Crippen molar-refractivity contribution in [1.82, 2.24) is 10.6 Å². The average molecular weight is 493 g/mol. The summed E-state index contributed by atoms with van der Waals surface area (Å²) in [7, 11) is 1.81. The van der Waals surface area contributed by atoms with E-state index in [-0.39, 0.29) is 24.0 Å². The summed E-state index contributed by atoms with van der Waals surface area (Å²) >= 11 is 0. The Morgan fingerprint density at radius 3 is 2.64 bits per heavy atom. The van der Waals surface area contributed by atoms with Gasteiger partial charge in [0.15, 0.2) is 5.96 Å². The number of para-hydroxylation sites is 1. The second kappa shape index (κ2) is 10.1. The van der Waals surface area contributed by atoms with Crippen LogP contribution in [0.3, 0.4) is 0 Å². The highest BCUT2D eigenvalue weighted by Crippen LogP contribution is 2.34. The van der Waals surface area contributed by atoms with Crippen LogP contribution in [0.4, 0.5) is 0 Å². The Bertz CT molecular complexity index is 784. The van der Waals surface area contributed by atoms with Gasteiger partial charge in [-0.3, -0.25) is 4.99 Å². The Morgan fingerprint density at radius 2 is 1.93 bits per heavy atom. The van der Waals surface area contributed by atoms with Crippen molar-refractivity contribution in [3.63, 3.8) is 0 Å². The number of ether oxygens (including phenoxy) is 2. The molecule has 0 spiro atoms. The molecule has 0 aliphatic carbocycles. The number of nitrogens with zero attached hydrogens (tertiary/aromatic N) is 1. The molecule has 0 aromatic heterocycles. The Balaban J connectivity index is 0.00000225. The highest BCUT2D eigenvalue weighted by Gasteiger charge is 2.41. The molecule has 5 nitrogen and oxygen atoms in total. The van der Waals surface area contributed by atoms with E-state index in [4.69, 9.17) is 9.47 Å². The van der Waals surface area contributed by atoms with Crippen LogP contribution >= 0.6 is 24.0 Å². The van der Waals surface area contributed by atoms with Gasteiger partial charge in [0.25, 0.3) is 0 Å². The van der Waals surface area contributed by atoms with E-state index in [1.165, 1.54) is 12.0 Å². The maximum absolute atomic E-state index is 5.91. The SMILES string of the molecule is CN=C(NCc1cccc(COc2ccccc2)c1)NC1CC2CCC1O2.I. The largest absolute Gasteiger partial charge is 0.489 e. The highest BCUT2D eigenvalue weighted by molar-refractivity contribution is 14.0. The fraction of sp³-hybridized carbons (Fsp3) is 0.409. The predicted molar refractivity (Wildman–Crippen MR) is 122 cm³/mol. The molecule has 3 unspecified atom stereocenters. The van der Waals surface area contributed by atoms with Crippen LogP contribution in [0.5, 0.6) is 5.75 Å². The number of fused-ring (bicyclic) bond motifs is 2.